The SMILES string of the molecule is CCCC1CN=C(NCCCn2cccn2)S1. The van der Waals surface area contributed by atoms with E-state index in [4.69, 9.17) is 0 Å². The Kier molecular flexibility index (Phi) is 4.91. The van der Waals surface area contributed by atoms with Crippen LogP contribution in [0.5, 0.6) is 0 Å². The number of aromatic nitrogens is 2. The molecule has 0 amide bonds. The van der Waals surface area contributed by atoms with Crippen LogP contribution in [0.2, 0.25) is 0 Å². The molecule has 17 heavy (non-hydrogen) atoms. The molecule has 1 N–H and O–H groups in total. The molecule has 1 aliphatic heterocycles. The lowest BCUT2D eigenvalue weighted by molar-refractivity contribution is 0.574. The number of hydrogen-bond acceptors (Lipinski definition) is 4. The highest BCUT2D eigenvalue weighted by Crippen LogP contribution is 2.23. The molecule has 0 aromatic carbocycles. The summed E-state index contributed by atoms with van der Waals surface area (Å²) < 4.78 is 1.96. The average Bonchev–Trinajstić information content (AvgIpc) is 2.96. The first kappa shape index (κ1) is 12.5. The monoisotopic (exact) mass is 252 g/mol. The molecule has 0 saturated carbocycles. The molecule has 2 heterocycles. The Hall–Kier alpha value is -0.970. The Morgan fingerprint density at radius 3 is 3.29 bits per heavy atom. The molecule has 1 aliphatic rings. The fraction of sp³-hybridized carbons (Fsp3) is 0.667. The van der Waals surface area contributed by atoms with Crippen molar-refractivity contribution in [2.45, 2.75) is 38.0 Å². The van der Waals surface area contributed by atoms with Gasteiger partial charge in [0.1, 0.15) is 0 Å². The van der Waals surface area contributed by atoms with Gasteiger partial charge in [0.05, 0.1) is 6.54 Å². The Morgan fingerprint density at radius 1 is 1.59 bits per heavy atom. The number of amidine groups is 1. The van der Waals surface area contributed by atoms with Crippen LogP contribution < -0.4 is 5.32 Å². The van der Waals surface area contributed by atoms with Crippen LogP contribution in [0.25, 0.3) is 0 Å². The summed E-state index contributed by atoms with van der Waals surface area (Å²) in [7, 11) is 0. The molecule has 4 nitrogen and oxygen atoms in total. The molecule has 0 radical (unpaired) electrons. The molecule has 0 bridgehead atoms. The number of nitrogens with zero attached hydrogens (tertiary/aromatic N) is 3. The molecule has 94 valence electrons. The highest BCUT2D eigenvalue weighted by atomic mass is 32.2. The lowest BCUT2D eigenvalue weighted by Crippen LogP contribution is -2.22. The van der Waals surface area contributed by atoms with E-state index in [1.54, 1.807) is 0 Å². The summed E-state index contributed by atoms with van der Waals surface area (Å²) in [5.74, 6) is 0. The maximum absolute atomic E-state index is 4.52. The van der Waals surface area contributed by atoms with Crippen LogP contribution in [-0.2, 0) is 6.54 Å². The zero-order chi connectivity index (χ0) is 11.9. The van der Waals surface area contributed by atoms with Gasteiger partial charge in [-0.25, -0.2) is 0 Å². The van der Waals surface area contributed by atoms with Crippen molar-refractivity contribution in [3.8, 4) is 0 Å². The Morgan fingerprint density at radius 2 is 2.53 bits per heavy atom. The van der Waals surface area contributed by atoms with Gasteiger partial charge in [-0.05, 0) is 18.9 Å². The summed E-state index contributed by atoms with van der Waals surface area (Å²) in [4.78, 5) is 4.52. The van der Waals surface area contributed by atoms with Crippen molar-refractivity contribution >= 4 is 16.9 Å². The van der Waals surface area contributed by atoms with Crippen LogP contribution >= 0.6 is 11.8 Å². The second-order valence-electron chi connectivity index (χ2n) is 4.22. The van der Waals surface area contributed by atoms with E-state index in [1.807, 2.05) is 34.9 Å². The standard InChI is InChI=1S/C12H20N4S/c1-2-5-11-10-14-12(17-11)13-6-3-8-16-9-4-7-15-16/h4,7,9,11H,2-3,5-6,8,10H2,1H3,(H,13,14). The second-order valence-corrected chi connectivity index (χ2v) is 5.51. The fourth-order valence-electron chi connectivity index (χ4n) is 1.86. The van der Waals surface area contributed by atoms with Gasteiger partial charge in [0, 0.05) is 30.7 Å². The minimum atomic E-state index is 0.702. The lowest BCUT2D eigenvalue weighted by Gasteiger charge is -2.07. The van der Waals surface area contributed by atoms with Crippen molar-refractivity contribution < 1.29 is 0 Å². The third-order valence-electron chi connectivity index (χ3n) is 2.73. The van der Waals surface area contributed by atoms with Gasteiger partial charge in [0.2, 0.25) is 0 Å². The van der Waals surface area contributed by atoms with Gasteiger partial charge in [-0.15, -0.1) is 0 Å². The summed E-state index contributed by atoms with van der Waals surface area (Å²) >= 11 is 1.90. The van der Waals surface area contributed by atoms with Gasteiger partial charge in [0.15, 0.2) is 5.17 Å². The molecule has 0 aliphatic carbocycles. The number of thioether (sulfide) groups is 1. The highest BCUT2D eigenvalue weighted by molar-refractivity contribution is 8.14. The molecule has 1 aromatic heterocycles. The minimum Gasteiger partial charge on any atom is -0.365 e. The molecule has 2 rings (SSSR count). The largest absolute Gasteiger partial charge is 0.365 e. The van der Waals surface area contributed by atoms with E-state index < -0.39 is 0 Å². The first-order valence-corrected chi connectivity index (χ1v) is 7.19. The van der Waals surface area contributed by atoms with Crippen molar-refractivity contribution in [2.24, 2.45) is 4.99 Å². The number of rotatable bonds is 6. The first-order valence-electron chi connectivity index (χ1n) is 6.31. The Bertz CT molecular complexity index is 347. The third-order valence-corrected chi connectivity index (χ3v) is 3.94. The first-order chi connectivity index (χ1) is 8.38. The van der Waals surface area contributed by atoms with E-state index in [0.29, 0.717) is 5.25 Å². The Balaban J connectivity index is 1.57. The Labute approximate surface area is 107 Å². The summed E-state index contributed by atoms with van der Waals surface area (Å²) in [5.41, 5.74) is 0. The van der Waals surface area contributed by atoms with Crippen LogP contribution in [-0.4, -0.2) is 33.3 Å². The van der Waals surface area contributed by atoms with Crippen LogP contribution in [0.3, 0.4) is 0 Å². The minimum absolute atomic E-state index is 0.702. The average molecular weight is 252 g/mol. The molecule has 0 saturated heterocycles. The van der Waals surface area contributed by atoms with Crippen LogP contribution in [0, 0.1) is 0 Å². The van der Waals surface area contributed by atoms with Crippen molar-refractivity contribution in [3.63, 3.8) is 0 Å². The van der Waals surface area contributed by atoms with Gasteiger partial charge < -0.3 is 5.32 Å². The lowest BCUT2D eigenvalue weighted by atomic mass is 10.2. The van der Waals surface area contributed by atoms with Crippen molar-refractivity contribution in [2.75, 3.05) is 13.1 Å². The van der Waals surface area contributed by atoms with Gasteiger partial charge in [0.25, 0.3) is 0 Å². The highest BCUT2D eigenvalue weighted by Gasteiger charge is 2.17. The molecule has 1 atom stereocenters. The zero-order valence-corrected chi connectivity index (χ0v) is 11.1. The van der Waals surface area contributed by atoms with Gasteiger partial charge in [-0.3, -0.25) is 9.67 Å². The van der Waals surface area contributed by atoms with Crippen LogP contribution in [0.1, 0.15) is 26.2 Å². The van der Waals surface area contributed by atoms with E-state index >= 15 is 0 Å². The summed E-state index contributed by atoms with van der Waals surface area (Å²) in [6.07, 6.45) is 7.42. The number of aryl methyl sites for hydroxylation is 1. The number of hydrogen-bond donors (Lipinski definition) is 1. The van der Waals surface area contributed by atoms with E-state index in [0.717, 1.165) is 31.2 Å². The smallest absolute Gasteiger partial charge is 0.156 e. The molecular weight excluding hydrogens is 232 g/mol. The van der Waals surface area contributed by atoms with Crippen molar-refractivity contribution in [3.05, 3.63) is 18.5 Å². The van der Waals surface area contributed by atoms with Gasteiger partial charge in [-0.2, -0.15) is 5.10 Å². The van der Waals surface area contributed by atoms with E-state index in [-0.39, 0.29) is 0 Å². The maximum atomic E-state index is 4.52. The molecule has 1 unspecified atom stereocenters. The maximum Gasteiger partial charge on any atom is 0.156 e. The quantitative estimate of drug-likeness (QED) is 0.789. The number of nitrogens with one attached hydrogen (secondary N) is 1. The van der Waals surface area contributed by atoms with Crippen molar-refractivity contribution in [1.29, 1.82) is 0 Å². The molecule has 0 spiro atoms. The molecule has 0 fully saturated rings. The topological polar surface area (TPSA) is 42.2 Å². The summed E-state index contributed by atoms with van der Waals surface area (Å²) in [6.45, 7) is 5.16. The summed E-state index contributed by atoms with van der Waals surface area (Å²) in [6, 6.07) is 1.96. The van der Waals surface area contributed by atoms with Gasteiger partial charge >= 0.3 is 0 Å². The van der Waals surface area contributed by atoms with Crippen molar-refractivity contribution in [1.82, 2.24) is 15.1 Å². The zero-order valence-electron chi connectivity index (χ0n) is 10.3. The van der Waals surface area contributed by atoms with Crippen LogP contribution in [0.4, 0.5) is 0 Å². The molecular formula is C12H20N4S. The third kappa shape index (κ3) is 4.07. The summed E-state index contributed by atoms with van der Waals surface area (Å²) in [5, 5.41) is 9.41. The normalized spacial score (nSPS) is 19.4. The molecule has 5 heteroatoms. The second kappa shape index (κ2) is 6.69. The van der Waals surface area contributed by atoms with Crippen LogP contribution in [0.15, 0.2) is 23.5 Å². The number of aliphatic imine (C=N–C) groups is 1. The predicted molar refractivity (Wildman–Crippen MR) is 73.4 cm³/mol. The van der Waals surface area contributed by atoms with E-state index in [2.05, 4.69) is 22.3 Å². The van der Waals surface area contributed by atoms with Gasteiger partial charge in [-0.1, -0.05) is 25.1 Å². The van der Waals surface area contributed by atoms with E-state index in [1.165, 1.54) is 12.8 Å². The molecule has 1 aromatic rings. The fourth-order valence-corrected chi connectivity index (χ4v) is 3.01. The predicted octanol–water partition coefficient (Wildman–Crippen LogP) is 2.13. The van der Waals surface area contributed by atoms with E-state index in [9.17, 15) is 0 Å².